The Morgan fingerprint density at radius 3 is 2.74 bits per heavy atom. The van der Waals surface area contributed by atoms with Crippen molar-refractivity contribution >= 4 is 18.3 Å². The summed E-state index contributed by atoms with van der Waals surface area (Å²) < 4.78 is 5.52. The second kappa shape index (κ2) is 9.91. The summed E-state index contributed by atoms with van der Waals surface area (Å²) in [5, 5.41) is 0. The van der Waals surface area contributed by atoms with E-state index in [2.05, 4.69) is 0 Å². The molecule has 1 aliphatic heterocycles. The highest BCUT2D eigenvalue weighted by molar-refractivity contribution is 5.85. The van der Waals surface area contributed by atoms with Crippen LogP contribution in [0.3, 0.4) is 0 Å². The van der Waals surface area contributed by atoms with Crippen molar-refractivity contribution < 1.29 is 9.53 Å². The van der Waals surface area contributed by atoms with E-state index >= 15 is 0 Å². The molecular weight excluding hydrogens is 312 g/mol. The number of amides is 1. The van der Waals surface area contributed by atoms with Crippen molar-refractivity contribution in [1.29, 1.82) is 0 Å². The van der Waals surface area contributed by atoms with Gasteiger partial charge in [-0.15, -0.1) is 12.4 Å². The van der Waals surface area contributed by atoms with Gasteiger partial charge in [0.05, 0.1) is 12.5 Å². The number of likely N-dealkylation sites (tertiary alicyclic amines) is 1. The average Bonchev–Trinajstić information content (AvgIpc) is 2.59. The lowest BCUT2D eigenvalue weighted by Gasteiger charge is -2.35. The van der Waals surface area contributed by atoms with Gasteiger partial charge in [0.15, 0.2) is 0 Å². The number of ether oxygens (including phenoxy) is 1. The minimum atomic E-state index is -0.249. The number of rotatable bonds is 6. The number of nitrogens with zero attached hydrogens (tertiary/aromatic N) is 1. The fraction of sp³-hybridized carbons (Fsp3) is 0.611. The van der Waals surface area contributed by atoms with Crippen LogP contribution in [0.2, 0.25) is 0 Å². The van der Waals surface area contributed by atoms with Crippen molar-refractivity contribution in [2.24, 2.45) is 17.6 Å². The molecule has 1 saturated heterocycles. The van der Waals surface area contributed by atoms with Crippen LogP contribution in [-0.2, 0) is 9.53 Å². The highest BCUT2D eigenvalue weighted by Gasteiger charge is 2.30. The third kappa shape index (κ3) is 5.48. The topological polar surface area (TPSA) is 55.6 Å². The lowest BCUT2D eigenvalue weighted by molar-refractivity contribution is -0.138. The van der Waals surface area contributed by atoms with E-state index in [0.717, 1.165) is 44.7 Å². The molecule has 0 radical (unpaired) electrons. The minimum absolute atomic E-state index is 0. The fourth-order valence-electron chi connectivity index (χ4n) is 3.09. The van der Waals surface area contributed by atoms with Gasteiger partial charge in [-0.1, -0.05) is 37.3 Å². The van der Waals surface area contributed by atoms with Crippen LogP contribution in [0.25, 0.3) is 0 Å². The number of hydrogen-bond donors (Lipinski definition) is 1. The second-order valence-corrected chi connectivity index (χ2v) is 6.18. The van der Waals surface area contributed by atoms with Gasteiger partial charge in [-0.3, -0.25) is 4.79 Å². The van der Waals surface area contributed by atoms with E-state index in [1.54, 1.807) is 0 Å². The lowest BCUT2D eigenvalue weighted by Crippen LogP contribution is -2.45. The van der Waals surface area contributed by atoms with Crippen molar-refractivity contribution in [1.82, 2.24) is 4.90 Å². The first-order valence-electron chi connectivity index (χ1n) is 8.30. The van der Waals surface area contributed by atoms with Crippen molar-refractivity contribution in [2.45, 2.75) is 32.7 Å². The molecule has 23 heavy (non-hydrogen) atoms. The molecule has 5 heteroatoms. The maximum atomic E-state index is 12.7. The quantitative estimate of drug-likeness (QED) is 0.866. The molecule has 1 aromatic rings. The van der Waals surface area contributed by atoms with Crippen LogP contribution in [-0.4, -0.2) is 37.1 Å². The van der Waals surface area contributed by atoms with E-state index in [4.69, 9.17) is 10.5 Å². The zero-order valence-electron chi connectivity index (χ0n) is 14.1. The Morgan fingerprint density at radius 1 is 1.39 bits per heavy atom. The van der Waals surface area contributed by atoms with Gasteiger partial charge >= 0.3 is 0 Å². The maximum Gasteiger partial charge on any atom is 0.227 e. The van der Waals surface area contributed by atoms with Gasteiger partial charge in [0.2, 0.25) is 5.91 Å². The van der Waals surface area contributed by atoms with Gasteiger partial charge in [-0.05, 0) is 31.2 Å². The lowest BCUT2D eigenvalue weighted by atomic mass is 9.92. The van der Waals surface area contributed by atoms with E-state index in [1.807, 2.05) is 49.1 Å². The summed E-state index contributed by atoms with van der Waals surface area (Å²) in [5.41, 5.74) is 7.31. The molecule has 0 aromatic heterocycles. The van der Waals surface area contributed by atoms with Gasteiger partial charge in [-0.2, -0.15) is 0 Å². The van der Waals surface area contributed by atoms with Crippen LogP contribution < -0.4 is 5.73 Å². The van der Waals surface area contributed by atoms with Crippen LogP contribution in [0.4, 0.5) is 0 Å². The Kier molecular flexibility index (Phi) is 8.59. The summed E-state index contributed by atoms with van der Waals surface area (Å²) in [7, 11) is 0. The number of carbonyl (C=O) groups is 1. The summed E-state index contributed by atoms with van der Waals surface area (Å²) >= 11 is 0. The zero-order valence-corrected chi connectivity index (χ0v) is 14.9. The van der Waals surface area contributed by atoms with Crippen LogP contribution in [0.5, 0.6) is 0 Å². The van der Waals surface area contributed by atoms with Crippen LogP contribution in [0, 0.1) is 11.8 Å². The third-order valence-corrected chi connectivity index (χ3v) is 4.50. The Hall–Kier alpha value is -1.10. The van der Waals surface area contributed by atoms with Crippen molar-refractivity contribution in [3.05, 3.63) is 35.9 Å². The minimum Gasteiger partial charge on any atom is -0.381 e. The predicted molar refractivity (Wildman–Crippen MR) is 95.6 cm³/mol. The molecule has 3 unspecified atom stereocenters. The average molecular weight is 341 g/mol. The number of carbonyl (C=O) groups excluding carboxylic acids is 1. The molecule has 1 aromatic carbocycles. The molecule has 2 rings (SSSR count). The molecule has 0 spiro atoms. The van der Waals surface area contributed by atoms with Gasteiger partial charge in [0.25, 0.3) is 0 Å². The highest BCUT2D eigenvalue weighted by atomic mass is 35.5. The number of hydrogen-bond acceptors (Lipinski definition) is 3. The van der Waals surface area contributed by atoms with E-state index in [0.29, 0.717) is 5.92 Å². The van der Waals surface area contributed by atoms with Gasteiger partial charge in [0, 0.05) is 25.7 Å². The molecule has 1 amide bonds. The molecule has 0 aliphatic carbocycles. The molecule has 4 nitrogen and oxygen atoms in total. The first kappa shape index (κ1) is 19.9. The Bertz CT molecular complexity index is 469. The molecule has 3 atom stereocenters. The highest BCUT2D eigenvalue weighted by Crippen LogP contribution is 2.24. The second-order valence-electron chi connectivity index (χ2n) is 6.18. The van der Waals surface area contributed by atoms with Crippen LogP contribution in [0.15, 0.2) is 30.3 Å². The molecular formula is C18H29ClN2O2. The Morgan fingerprint density at radius 2 is 2.09 bits per heavy atom. The predicted octanol–water partition coefficient (Wildman–Crippen LogP) is 3.02. The standard InChI is InChI=1S/C18H28N2O2.ClH/c1-3-22-13-15-8-7-11-20(12-15)18(21)14(2)17(19)16-9-5-4-6-10-16;/h4-6,9-10,14-15,17H,3,7-8,11-13,19H2,1-2H3;1H. The van der Waals surface area contributed by atoms with Crippen molar-refractivity contribution in [3.63, 3.8) is 0 Å². The van der Waals surface area contributed by atoms with Crippen molar-refractivity contribution in [2.75, 3.05) is 26.3 Å². The molecule has 0 saturated carbocycles. The number of halogens is 1. The molecule has 1 aliphatic rings. The third-order valence-electron chi connectivity index (χ3n) is 4.50. The summed E-state index contributed by atoms with van der Waals surface area (Å²) in [6, 6.07) is 9.62. The number of piperidine rings is 1. The van der Waals surface area contributed by atoms with Crippen LogP contribution >= 0.6 is 12.4 Å². The molecule has 0 bridgehead atoms. The first-order chi connectivity index (χ1) is 10.6. The Labute approximate surface area is 145 Å². The summed E-state index contributed by atoms with van der Waals surface area (Å²) in [6.07, 6.45) is 2.19. The van der Waals surface area contributed by atoms with E-state index < -0.39 is 0 Å². The van der Waals surface area contributed by atoms with E-state index in [1.165, 1.54) is 0 Å². The SMILES string of the molecule is CCOCC1CCCN(C(=O)C(C)C(N)c2ccccc2)C1.Cl. The summed E-state index contributed by atoms with van der Waals surface area (Å²) in [4.78, 5) is 14.7. The molecule has 130 valence electrons. The smallest absolute Gasteiger partial charge is 0.227 e. The van der Waals surface area contributed by atoms with Gasteiger partial charge in [-0.25, -0.2) is 0 Å². The largest absolute Gasteiger partial charge is 0.381 e. The number of benzene rings is 1. The first-order valence-corrected chi connectivity index (χ1v) is 8.30. The summed E-state index contributed by atoms with van der Waals surface area (Å²) in [5.74, 6) is 0.420. The fourth-order valence-corrected chi connectivity index (χ4v) is 3.09. The summed E-state index contributed by atoms with van der Waals surface area (Å²) in [6.45, 7) is 7.07. The van der Waals surface area contributed by atoms with E-state index in [-0.39, 0.29) is 30.3 Å². The maximum absolute atomic E-state index is 12.7. The van der Waals surface area contributed by atoms with Gasteiger partial charge in [0.1, 0.15) is 0 Å². The normalized spacial score (nSPS) is 20.5. The molecule has 2 N–H and O–H groups in total. The Balaban J connectivity index is 0.00000264. The van der Waals surface area contributed by atoms with E-state index in [9.17, 15) is 4.79 Å². The van der Waals surface area contributed by atoms with Crippen molar-refractivity contribution in [3.8, 4) is 0 Å². The zero-order chi connectivity index (χ0) is 15.9. The molecule has 1 fully saturated rings. The molecule has 1 heterocycles. The van der Waals surface area contributed by atoms with Crippen LogP contribution in [0.1, 0.15) is 38.3 Å². The van der Waals surface area contributed by atoms with Gasteiger partial charge < -0.3 is 15.4 Å². The number of nitrogens with two attached hydrogens (primary N) is 1. The monoisotopic (exact) mass is 340 g/mol.